The number of carbonyl (C=O) groups is 1. The molecule has 2 nitrogen and oxygen atoms in total. The molecule has 1 heterocycles. The van der Waals surface area contributed by atoms with Crippen molar-refractivity contribution in [2.24, 2.45) is 0 Å². The van der Waals surface area contributed by atoms with Gasteiger partial charge in [0.25, 0.3) is 0 Å². The van der Waals surface area contributed by atoms with E-state index in [9.17, 15) is 9.18 Å². The number of Topliss-reactive ketones (excluding diaryl/α,β-unsaturated/α-hetero) is 1. The van der Waals surface area contributed by atoms with Crippen LogP contribution in [0.4, 0.5) is 4.39 Å². The Bertz CT molecular complexity index is 429. The number of fused-ring (bicyclic) bond motifs is 1. The molecule has 0 amide bonds. The Morgan fingerprint density at radius 3 is 3.00 bits per heavy atom. The third-order valence-electron chi connectivity index (χ3n) is 2.59. The summed E-state index contributed by atoms with van der Waals surface area (Å²) in [5, 5.41) is 0.312. The second kappa shape index (κ2) is 3.91. The van der Waals surface area contributed by atoms with Gasteiger partial charge in [0.05, 0.1) is 6.61 Å². The molecule has 1 aromatic carbocycles. The number of ether oxygens (including phenoxy) is 1. The molecule has 1 aromatic rings. The average molecular weight is 229 g/mol. The van der Waals surface area contributed by atoms with Crippen molar-refractivity contribution in [2.75, 3.05) is 13.2 Å². The highest BCUT2D eigenvalue weighted by Gasteiger charge is 2.22. The van der Waals surface area contributed by atoms with Crippen LogP contribution in [0.2, 0.25) is 5.02 Å². The zero-order valence-electron chi connectivity index (χ0n) is 8.27. The number of hydrogen-bond donors (Lipinski definition) is 0. The van der Waals surface area contributed by atoms with E-state index in [2.05, 4.69) is 0 Å². The highest BCUT2D eigenvalue weighted by molar-refractivity contribution is 6.32. The van der Waals surface area contributed by atoms with Crippen LogP contribution in [-0.4, -0.2) is 19.0 Å². The van der Waals surface area contributed by atoms with Crippen molar-refractivity contribution in [3.05, 3.63) is 33.6 Å². The molecule has 80 valence electrons. The second-order valence-electron chi connectivity index (χ2n) is 3.54. The number of rotatable bonds is 0. The van der Waals surface area contributed by atoms with Crippen molar-refractivity contribution < 1.29 is 13.9 Å². The molecule has 0 saturated heterocycles. The summed E-state index contributed by atoms with van der Waals surface area (Å²) in [6.07, 6.45) is 0.557. The molecule has 0 aliphatic carbocycles. The number of carbonyl (C=O) groups excluding carboxylic acids is 1. The molecule has 0 atom stereocenters. The summed E-state index contributed by atoms with van der Waals surface area (Å²) < 4.78 is 18.5. The largest absolute Gasteiger partial charge is 0.373 e. The summed E-state index contributed by atoms with van der Waals surface area (Å²) in [7, 11) is 0. The topological polar surface area (TPSA) is 26.3 Å². The highest BCUT2D eigenvalue weighted by atomic mass is 35.5. The fraction of sp³-hybridized carbons (Fsp3) is 0.364. The molecule has 0 fully saturated rings. The van der Waals surface area contributed by atoms with Crippen molar-refractivity contribution in [2.45, 2.75) is 13.3 Å². The van der Waals surface area contributed by atoms with Gasteiger partial charge in [0.2, 0.25) is 0 Å². The number of benzene rings is 1. The SMILES string of the molecule is Cc1c(F)cc(Cl)c2c1C(=O)COCC2. The Morgan fingerprint density at radius 1 is 1.53 bits per heavy atom. The van der Waals surface area contributed by atoms with E-state index in [4.69, 9.17) is 16.3 Å². The molecule has 4 heteroatoms. The van der Waals surface area contributed by atoms with Crippen LogP contribution >= 0.6 is 11.6 Å². The summed E-state index contributed by atoms with van der Waals surface area (Å²) in [4.78, 5) is 11.7. The molecule has 0 N–H and O–H groups in total. The molecule has 0 radical (unpaired) electrons. The van der Waals surface area contributed by atoms with Gasteiger partial charge in [-0.2, -0.15) is 0 Å². The monoisotopic (exact) mass is 228 g/mol. The van der Waals surface area contributed by atoms with Gasteiger partial charge in [-0.05, 0) is 30.5 Å². The third-order valence-corrected chi connectivity index (χ3v) is 2.92. The lowest BCUT2D eigenvalue weighted by Gasteiger charge is -2.10. The first-order valence-electron chi connectivity index (χ1n) is 4.69. The van der Waals surface area contributed by atoms with Gasteiger partial charge in [-0.25, -0.2) is 4.39 Å². The van der Waals surface area contributed by atoms with Crippen molar-refractivity contribution in [1.29, 1.82) is 0 Å². The minimum absolute atomic E-state index is 0.00756. The predicted octanol–water partition coefficient (Wildman–Crippen LogP) is 2.54. The fourth-order valence-corrected chi connectivity index (χ4v) is 2.09. The molecule has 2 rings (SSSR count). The first-order valence-corrected chi connectivity index (χ1v) is 5.07. The average Bonchev–Trinajstić information content (AvgIpc) is 2.37. The molecule has 0 bridgehead atoms. The molecular weight excluding hydrogens is 219 g/mol. The van der Waals surface area contributed by atoms with Gasteiger partial charge < -0.3 is 4.74 Å². The lowest BCUT2D eigenvalue weighted by Crippen LogP contribution is -2.10. The van der Waals surface area contributed by atoms with E-state index in [1.165, 1.54) is 6.07 Å². The maximum Gasteiger partial charge on any atom is 0.189 e. The maximum absolute atomic E-state index is 13.4. The molecule has 15 heavy (non-hydrogen) atoms. The van der Waals surface area contributed by atoms with Gasteiger partial charge in [0.15, 0.2) is 5.78 Å². The fourth-order valence-electron chi connectivity index (χ4n) is 1.80. The van der Waals surface area contributed by atoms with Gasteiger partial charge in [-0.1, -0.05) is 11.6 Å². The van der Waals surface area contributed by atoms with Crippen LogP contribution in [0.15, 0.2) is 6.07 Å². The number of hydrogen-bond acceptors (Lipinski definition) is 2. The lowest BCUT2D eigenvalue weighted by molar-refractivity contribution is 0.0788. The van der Waals surface area contributed by atoms with Crippen molar-refractivity contribution in [1.82, 2.24) is 0 Å². The van der Waals surface area contributed by atoms with Crippen LogP contribution in [0.1, 0.15) is 21.5 Å². The Balaban J connectivity index is 2.69. The minimum atomic E-state index is -0.436. The lowest BCUT2D eigenvalue weighted by atomic mass is 9.96. The zero-order valence-corrected chi connectivity index (χ0v) is 9.03. The molecule has 0 saturated carbocycles. The molecule has 0 aromatic heterocycles. The Morgan fingerprint density at radius 2 is 2.27 bits per heavy atom. The van der Waals surface area contributed by atoms with E-state index in [0.717, 1.165) is 0 Å². The predicted molar refractivity (Wildman–Crippen MR) is 55.0 cm³/mol. The standard InChI is InChI=1S/C11H10ClFO2/c1-6-9(13)4-8(12)7-2-3-15-5-10(14)11(6)7/h4H,2-3,5H2,1H3. The van der Waals surface area contributed by atoms with Crippen LogP contribution in [0.25, 0.3) is 0 Å². The number of ketones is 1. The smallest absolute Gasteiger partial charge is 0.189 e. The van der Waals surface area contributed by atoms with Crippen LogP contribution in [0.5, 0.6) is 0 Å². The van der Waals surface area contributed by atoms with Crippen molar-refractivity contribution in [3.63, 3.8) is 0 Å². The first-order chi connectivity index (χ1) is 7.11. The molecule has 0 spiro atoms. The summed E-state index contributed by atoms with van der Waals surface area (Å²) in [6, 6.07) is 1.26. The van der Waals surface area contributed by atoms with Gasteiger partial charge in [0.1, 0.15) is 12.4 Å². The van der Waals surface area contributed by atoms with E-state index in [-0.39, 0.29) is 12.4 Å². The van der Waals surface area contributed by atoms with Crippen LogP contribution in [0.3, 0.4) is 0 Å². The highest BCUT2D eigenvalue weighted by Crippen LogP contribution is 2.28. The van der Waals surface area contributed by atoms with Gasteiger partial charge in [0, 0.05) is 10.6 Å². The van der Waals surface area contributed by atoms with Crippen LogP contribution in [0, 0.1) is 12.7 Å². The van der Waals surface area contributed by atoms with E-state index < -0.39 is 5.82 Å². The second-order valence-corrected chi connectivity index (χ2v) is 3.95. The molecule has 1 aliphatic heterocycles. The summed E-state index contributed by atoms with van der Waals surface area (Å²) in [5.41, 5.74) is 1.47. The van der Waals surface area contributed by atoms with Gasteiger partial charge in [-0.3, -0.25) is 4.79 Å². The zero-order chi connectivity index (χ0) is 11.0. The van der Waals surface area contributed by atoms with E-state index in [0.29, 0.717) is 34.7 Å². The van der Waals surface area contributed by atoms with Crippen LogP contribution < -0.4 is 0 Å². The quantitative estimate of drug-likeness (QED) is 0.682. The van der Waals surface area contributed by atoms with E-state index in [1.807, 2.05) is 0 Å². The summed E-state index contributed by atoms with van der Waals surface area (Å²) >= 11 is 5.91. The van der Waals surface area contributed by atoms with E-state index >= 15 is 0 Å². The minimum Gasteiger partial charge on any atom is -0.373 e. The van der Waals surface area contributed by atoms with Gasteiger partial charge in [-0.15, -0.1) is 0 Å². The third kappa shape index (κ3) is 1.77. The van der Waals surface area contributed by atoms with Crippen molar-refractivity contribution >= 4 is 17.4 Å². The van der Waals surface area contributed by atoms with Crippen LogP contribution in [-0.2, 0) is 11.2 Å². The summed E-state index contributed by atoms with van der Waals surface area (Å²) in [5.74, 6) is -0.629. The maximum atomic E-state index is 13.4. The number of halogens is 2. The molecule has 0 unspecified atom stereocenters. The Kier molecular flexibility index (Phi) is 2.76. The Hall–Kier alpha value is -0.930. The molecular formula is C11H10ClFO2. The Labute approximate surface area is 92.0 Å². The first kappa shape index (κ1) is 10.6. The normalized spacial score (nSPS) is 16.1. The molecule has 1 aliphatic rings. The van der Waals surface area contributed by atoms with Crippen molar-refractivity contribution in [3.8, 4) is 0 Å². The van der Waals surface area contributed by atoms with E-state index in [1.54, 1.807) is 6.92 Å². The summed E-state index contributed by atoms with van der Waals surface area (Å²) in [6.45, 7) is 2.05. The van der Waals surface area contributed by atoms with Gasteiger partial charge >= 0.3 is 0 Å².